The average molecular weight is 234 g/mol. The molecular weight excluding hydrogens is 233 g/mol. The van der Waals surface area contributed by atoms with Crippen LogP contribution in [0, 0.1) is 5.95 Å². The van der Waals surface area contributed by atoms with Crippen molar-refractivity contribution in [1.29, 1.82) is 0 Å². The van der Waals surface area contributed by atoms with Crippen molar-refractivity contribution >= 4 is 23.2 Å². The summed E-state index contributed by atoms with van der Waals surface area (Å²) >= 11 is 10.4. The zero-order valence-electron chi connectivity index (χ0n) is 5.79. The second-order valence-corrected chi connectivity index (χ2v) is 2.86. The third-order valence-corrected chi connectivity index (χ3v) is 1.87. The highest BCUT2D eigenvalue weighted by atomic mass is 35.5. The summed E-state index contributed by atoms with van der Waals surface area (Å²) in [6, 6.07) is 0.395. The molecule has 0 saturated carbocycles. The number of halogens is 6. The molecule has 0 aliphatic carbocycles. The second kappa shape index (κ2) is 3.31. The number of rotatable bonds is 0. The van der Waals surface area contributed by atoms with E-state index in [9.17, 15) is 17.6 Å². The third-order valence-electron chi connectivity index (χ3n) is 1.19. The average Bonchev–Trinajstić information content (AvgIpc) is 1.94. The van der Waals surface area contributed by atoms with Gasteiger partial charge in [-0.3, -0.25) is 0 Å². The zero-order valence-corrected chi connectivity index (χ0v) is 7.30. The predicted molar refractivity (Wildman–Crippen MR) is 39.2 cm³/mol. The standard InChI is InChI=1S/C6HCl2F4N/c7-3-1-2(6(10,11)12)5(9)13-4(3)8/h1H. The van der Waals surface area contributed by atoms with Crippen LogP contribution in [0.4, 0.5) is 17.6 Å². The van der Waals surface area contributed by atoms with Crippen LogP contribution in [0.25, 0.3) is 0 Å². The molecule has 0 atom stereocenters. The van der Waals surface area contributed by atoms with Gasteiger partial charge in [0.1, 0.15) is 5.56 Å². The molecule has 13 heavy (non-hydrogen) atoms. The summed E-state index contributed by atoms with van der Waals surface area (Å²) in [7, 11) is 0. The Balaban J connectivity index is 3.32. The number of hydrogen-bond acceptors (Lipinski definition) is 1. The molecule has 1 aromatic heterocycles. The Morgan fingerprint density at radius 3 is 2.23 bits per heavy atom. The van der Waals surface area contributed by atoms with Gasteiger partial charge in [-0.25, -0.2) is 4.98 Å². The van der Waals surface area contributed by atoms with Gasteiger partial charge in [-0.05, 0) is 6.07 Å². The molecule has 7 heteroatoms. The lowest BCUT2D eigenvalue weighted by Gasteiger charge is -2.07. The van der Waals surface area contributed by atoms with Gasteiger partial charge in [0, 0.05) is 0 Å². The molecule has 0 bridgehead atoms. The molecule has 0 fully saturated rings. The van der Waals surface area contributed by atoms with Crippen LogP contribution >= 0.6 is 23.2 Å². The van der Waals surface area contributed by atoms with E-state index < -0.39 is 27.9 Å². The molecule has 0 aliphatic rings. The minimum absolute atomic E-state index is 0.395. The Kier molecular flexibility index (Phi) is 2.68. The minimum Gasteiger partial charge on any atom is -0.206 e. The van der Waals surface area contributed by atoms with Gasteiger partial charge in [-0.2, -0.15) is 17.6 Å². The number of aromatic nitrogens is 1. The maximum absolute atomic E-state index is 12.6. The van der Waals surface area contributed by atoms with Crippen molar-refractivity contribution in [2.45, 2.75) is 6.18 Å². The van der Waals surface area contributed by atoms with Crippen molar-refractivity contribution in [3.8, 4) is 0 Å². The van der Waals surface area contributed by atoms with E-state index in [-0.39, 0.29) is 0 Å². The first-order valence-electron chi connectivity index (χ1n) is 2.91. The lowest BCUT2D eigenvalue weighted by atomic mass is 10.3. The van der Waals surface area contributed by atoms with Gasteiger partial charge in [0.25, 0.3) is 0 Å². The monoisotopic (exact) mass is 233 g/mol. The number of alkyl halides is 3. The fraction of sp³-hybridized carbons (Fsp3) is 0.167. The van der Waals surface area contributed by atoms with Crippen LogP contribution in [0.15, 0.2) is 6.07 Å². The number of pyridine rings is 1. The Hall–Kier alpha value is -0.550. The van der Waals surface area contributed by atoms with E-state index in [4.69, 9.17) is 23.2 Å². The van der Waals surface area contributed by atoms with E-state index in [1.54, 1.807) is 0 Å². The van der Waals surface area contributed by atoms with Crippen molar-refractivity contribution in [3.63, 3.8) is 0 Å². The van der Waals surface area contributed by atoms with Crippen LogP contribution < -0.4 is 0 Å². The summed E-state index contributed by atoms with van der Waals surface area (Å²) in [5, 5.41) is -0.928. The van der Waals surface area contributed by atoms with Crippen molar-refractivity contribution in [2.75, 3.05) is 0 Å². The highest BCUT2D eigenvalue weighted by Gasteiger charge is 2.35. The highest BCUT2D eigenvalue weighted by Crippen LogP contribution is 2.34. The van der Waals surface area contributed by atoms with Crippen LogP contribution in [-0.2, 0) is 6.18 Å². The molecule has 0 aliphatic heterocycles. The normalized spacial score (nSPS) is 11.8. The molecule has 0 radical (unpaired) electrons. The highest BCUT2D eigenvalue weighted by molar-refractivity contribution is 6.41. The Morgan fingerprint density at radius 2 is 1.77 bits per heavy atom. The molecule has 1 heterocycles. The summed E-state index contributed by atoms with van der Waals surface area (Å²) in [6.45, 7) is 0. The van der Waals surface area contributed by atoms with Crippen LogP contribution in [0.1, 0.15) is 5.56 Å². The summed E-state index contributed by atoms with van der Waals surface area (Å²) in [6.07, 6.45) is -4.81. The molecule has 0 saturated heterocycles. The van der Waals surface area contributed by atoms with Gasteiger partial charge in [-0.15, -0.1) is 0 Å². The van der Waals surface area contributed by atoms with E-state index in [2.05, 4.69) is 4.98 Å². The second-order valence-electron chi connectivity index (χ2n) is 2.10. The number of nitrogens with zero attached hydrogens (tertiary/aromatic N) is 1. The van der Waals surface area contributed by atoms with E-state index in [1.807, 2.05) is 0 Å². The lowest BCUT2D eigenvalue weighted by Crippen LogP contribution is -2.09. The molecule has 0 unspecified atom stereocenters. The van der Waals surface area contributed by atoms with Crippen molar-refractivity contribution in [1.82, 2.24) is 4.98 Å². The van der Waals surface area contributed by atoms with Gasteiger partial charge in [0.15, 0.2) is 5.15 Å². The van der Waals surface area contributed by atoms with E-state index in [0.29, 0.717) is 6.07 Å². The first-order valence-corrected chi connectivity index (χ1v) is 3.66. The quantitative estimate of drug-likeness (QED) is 0.494. The Labute approximate surface area is 80.3 Å². The molecule has 0 spiro atoms. The van der Waals surface area contributed by atoms with Gasteiger partial charge >= 0.3 is 6.18 Å². The summed E-state index contributed by atoms with van der Waals surface area (Å²) in [4.78, 5) is 2.79. The van der Waals surface area contributed by atoms with Gasteiger partial charge in [-0.1, -0.05) is 23.2 Å². The van der Waals surface area contributed by atoms with Crippen molar-refractivity contribution in [3.05, 3.63) is 27.8 Å². The fourth-order valence-electron chi connectivity index (χ4n) is 0.644. The molecule has 0 N–H and O–H groups in total. The maximum Gasteiger partial charge on any atom is 0.420 e. The minimum atomic E-state index is -4.81. The third kappa shape index (κ3) is 2.22. The van der Waals surface area contributed by atoms with Crippen molar-refractivity contribution < 1.29 is 17.6 Å². The van der Waals surface area contributed by atoms with E-state index >= 15 is 0 Å². The van der Waals surface area contributed by atoms with Crippen LogP contribution in [0.3, 0.4) is 0 Å². The summed E-state index contributed by atoms with van der Waals surface area (Å²) in [5.41, 5.74) is -1.53. The molecular formula is C6HCl2F4N. The van der Waals surface area contributed by atoms with Crippen LogP contribution in [0.5, 0.6) is 0 Å². The smallest absolute Gasteiger partial charge is 0.206 e. The Morgan fingerprint density at radius 1 is 1.23 bits per heavy atom. The summed E-state index contributed by atoms with van der Waals surface area (Å²) < 4.78 is 48.5. The Bertz CT molecular complexity index is 336. The zero-order chi connectivity index (χ0) is 10.2. The number of hydrogen-bond donors (Lipinski definition) is 0. The van der Waals surface area contributed by atoms with Gasteiger partial charge in [0.05, 0.1) is 5.02 Å². The lowest BCUT2D eigenvalue weighted by molar-refractivity contribution is -0.140. The van der Waals surface area contributed by atoms with E-state index in [0.717, 1.165) is 0 Å². The predicted octanol–water partition coefficient (Wildman–Crippen LogP) is 3.55. The molecule has 1 rings (SSSR count). The molecule has 0 amide bonds. The maximum atomic E-state index is 12.6. The molecule has 0 aromatic carbocycles. The topological polar surface area (TPSA) is 12.9 Å². The van der Waals surface area contributed by atoms with Crippen LogP contribution in [-0.4, -0.2) is 4.98 Å². The summed E-state index contributed by atoms with van der Waals surface area (Å²) in [5.74, 6) is -1.68. The fourth-order valence-corrected chi connectivity index (χ4v) is 0.925. The first kappa shape index (κ1) is 10.5. The van der Waals surface area contributed by atoms with Gasteiger partial charge in [0.2, 0.25) is 5.95 Å². The molecule has 1 nitrogen and oxygen atoms in total. The molecule has 1 aromatic rings. The first-order chi connectivity index (χ1) is 5.82. The molecule has 72 valence electrons. The largest absolute Gasteiger partial charge is 0.420 e. The van der Waals surface area contributed by atoms with E-state index in [1.165, 1.54) is 0 Å². The SMILES string of the molecule is Fc1nc(Cl)c(Cl)cc1C(F)(F)F. The van der Waals surface area contributed by atoms with Gasteiger partial charge < -0.3 is 0 Å². The van der Waals surface area contributed by atoms with Crippen LogP contribution in [0.2, 0.25) is 10.2 Å². The van der Waals surface area contributed by atoms with Crippen molar-refractivity contribution in [2.24, 2.45) is 0 Å².